The molecule has 0 bridgehead atoms. The van der Waals surface area contributed by atoms with Crippen molar-refractivity contribution in [3.8, 4) is 0 Å². The molecule has 0 radical (unpaired) electrons. The van der Waals surface area contributed by atoms with E-state index in [1.165, 1.54) is 25.7 Å². The van der Waals surface area contributed by atoms with Crippen molar-refractivity contribution in [3.63, 3.8) is 0 Å². The maximum atomic E-state index is 5.84. The lowest BCUT2D eigenvalue weighted by Crippen LogP contribution is -2.20. The van der Waals surface area contributed by atoms with Gasteiger partial charge in [0.05, 0.1) is 6.54 Å². The first kappa shape index (κ1) is 15.5. The fourth-order valence-electron chi connectivity index (χ4n) is 4.01. The Labute approximate surface area is 146 Å². The normalized spacial score (nSPS) is 27.2. The summed E-state index contributed by atoms with van der Waals surface area (Å²) in [5, 5.41) is 15.9. The van der Waals surface area contributed by atoms with Crippen LogP contribution in [0.3, 0.4) is 0 Å². The van der Waals surface area contributed by atoms with Gasteiger partial charge in [-0.3, -0.25) is 10.00 Å². The molecule has 134 valence electrons. The summed E-state index contributed by atoms with van der Waals surface area (Å²) in [7, 11) is 1.67. The van der Waals surface area contributed by atoms with Gasteiger partial charge in [0.15, 0.2) is 11.6 Å². The Bertz CT molecular complexity index is 735. The number of nitrogens with zero attached hydrogens (tertiary/aromatic N) is 5. The third-order valence-electron chi connectivity index (χ3n) is 5.60. The second kappa shape index (κ2) is 6.17. The Morgan fingerprint density at radius 2 is 2.08 bits per heavy atom. The van der Waals surface area contributed by atoms with E-state index in [1.807, 2.05) is 0 Å². The van der Waals surface area contributed by atoms with Crippen LogP contribution in [0.4, 0.5) is 0 Å². The van der Waals surface area contributed by atoms with E-state index in [0.717, 1.165) is 49.0 Å². The number of aromatic nitrogens is 5. The van der Waals surface area contributed by atoms with E-state index in [1.54, 1.807) is 7.11 Å². The second-order valence-electron chi connectivity index (χ2n) is 7.68. The number of nitrogens with one attached hydrogen (secondary N) is 1. The molecule has 2 aromatic heterocycles. The first-order valence-corrected chi connectivity index (χ1v) is 9.25. The molecule has 25 heavy (non-hydrogen) atoms. The molecule has 2 aliphatic carbocycles. The summed E-state index contributed by atoms with van der Waals surface area (Å²) in [4.78, 5) is 7.07. The molecule has 2 atom stereocenters. The molecular formula is C17H24N6O2. The van der Waals surface area contributed by atoms with Crippen molar-refractivity contribution in [2.24, 2.45) is 11.8 Å². The van der Waals surface area contributed by atoms with Crippen LogP contribution in [0.5, 0.6) is 0 Å². The first-order valence-electron chi connectivity index (χ1n) is 9.25. The van der Waals surface area contributed by atoms with Gasteiger partial charge in [-0.2, -0.15) is 5.10 Å². The van der Waals surface area contributed by atoms with E-state index in [2.05, 4.69) is 30.3 Å². The lowest BCUT2D eigenvalue weighted by atomic mass is 9.91. The molecule has 3 heterocycles. The minimum Gasteiger partial charge on any atom is -0.424 e. The Morgan fingerprint density at radius 1 is 1.20 bits per heavy atom. The number of rotatable bonds is 7. The van der Waals surface area contributed by atoms with Crippen LogP contribution in [0.25, 0.3) is 0 Å². The standard InChI is InChI=1S/C17H24N6O2/c1-24-9-14-18-16(21-19-14)13-7-23(6-12(13)10-2-3-10)8-15-20-22-17(25-15)11-4-5-11/h10-13H,2-9H2,1H3,(H,18,19,21)/t12-,13+/m1/s1. The number of H-pyrrole nitrogens is 1. The summed E-state index contributed by atoms with van der Waals surface area (Å²) in [6.45, 7) is 3.22. The van der Waals surface area contributed by atoms with E-state index < -0.39 is 0 Å². The molecule has 0 unspecified atom stereocenters. The summed E-state index contributed by atoms with van der Waals surface area (Å²) < 4.78 is 11.0. The van der Waals surface area contributed by atoms with Crippen molar-refractivity contribution in [1.82, 2.24) is 30.3 Å². The van der Waals surface area contributed by atoms with Gasteiger partial charge in [0, 0.05) is 32.0 Å². The molecule has 1 N–H and O–H groups in total. The Balaban J connectivity index is 1.29. The number of hydrogen-bond donors (Lipinski definition) is 1. The van der Waals surface area contributed by atoms with Crippen molar-refractivity contribution in [3.05, 3.63) is 23.4 Å². The van der Waals surface area contributed by atoms with Crippen molar-refractivity contribution < 1.29 is 9.15 Å². The lowest BCUT2D eigenvalue weighted by molar-refractivity contribution is 0.178. The number of hydrogen-bond acceptors (Lipinski definition) is 7. The molecule has 1 aliphatic heterocycles. The largest absolute Gasteiger partial charge is 0.424 e. The Kier molecular flexibility index (Phi) is 3.82. The van der Waals surface area contributed by atoms with Gasteiger partial charge in [-0.05, 0) is 37.5 Å². The monoisotopic (exact) mass is 344 g/mol. The molecule has 1 saturated heterocycles. The molecule has 3 fully saturated rings. The number of likely N-dealkylation sites (tertiary alicyclic amines) is 1. The highest BCUT2D eigenvalue weighted by Gasteiger charge is 2.45. The molecule has 8 heteroatoms. The molecule has 3 aliphatic rings. The Hall–Kier alpha value is -1.80. The third-order valence-corrected chi connectivity index (χ3v) is 5.60. The van der Waals surface area contributed by atoms with Crippen LogP contribution in [-0.4, -0.2) is 50.5 Å². The smallest absolute Gasteiger partial charge is 0.230 e. The highest BCUT2D eigenvalue weighted by Crippen LogP contribution is 2.47. The topological polar surface area (TPSA) is 93.0 Å². The molecule has 2 saturated carbocycles. The quantitative estimate of drug-likeness (QED) is 0.819. The summed E-state index contributed by atoms with van der Waals surface area (Å²) in [5.74, 6) is 5.61. The van der Waals surface area contributed by atoms with E-state index in [0.29, 0.717) is 24.4 Å². The van der Waals surface area contributed by atoms with Gasteiger partial charge in [0.1, 0.15) is 6.61 Å². The van der Waals surface area contributed by atoms with Crippen LogP contribution in [0.2, 0.25) is 0 Å². The summed E-state index contributed by atoms with van der Waals surface area (Å²) in [5.41, 5.74) is 0. The van der Waals surface area contributed by atoms with E-state index in [-0.39, 0.29) is 0 Å². The summed E-state index contributed by atoms with van der Waals surface area (Å²) in [6.07, 6.45) is 5.03. The fraction of sp³-hybridized carbons (Fsp3) is 0.765. The lowest BCUT2D eigenvalue weighted by Gasteiger charge is -2.14. The second-order valence-corrected chi connectivity index (χ2v) is 7.68. The van der Waals surface area contributed by atoms with Crippen LogP contribution >= 0.6 is 0 Å². The van der Waals surface area contributed by atoms with Gasteiger partial charge < -0.3 is 9.15 Å². The molecule has 0 aromatic carbocycles. The van der Waals surface area contributed by atoms with Crippen molar-refractivity contribution in [2.45, 2.75) is 50.7 Å². The van der Waals surface area contributed by atoms with Crippen LogP contribution in [0.1, 0.15) is 60.9 Å². The highest BCUT2D eigenvalue weighted by atomic mass is 16.5. The maximum Gasteiger partial charge on any atom is 0.230 e. The van der Waals surface area contributed by atoms with Crippen LogP contribution in [0, 0.1) is 11.8 Å². The van der Waals surface area contributed by atoms with E-state index >= 15 is 0 Å². The number of ether oxygens (including phenoxy) is 1. The fourth-order valence-corrected chi connectivity index (χ4v) is 4.01. The van der Waals surface area contributed by atoms with Gasteiger partial charge in [-0.25, -0.2) is 4.98 Å². The van der Waals surface area contributed by atoms with Gasteiger partial charge in [0.25, 0.3) is 0 Å². The van der Waals surface area contributed by atoms with Crippen LogP contribution in [0.15, 0.2) is 4.42 Å². The average Bonchev–Trinajstić information content (AvgIpc) is 3.51. The van der Waals surface area contributed by atoms with Crippen LogP contribution < -0.4 is 0 Å². The number of aromatic amines is 1. The first-order chi connectivity index (χ1) is 12.3. The van der Waals surface area contributed by atoms with Crippen molar-refractivity contribution >= 4 is 0 Å². The highest BCUT2D eigenvalue weighted by molar-refractivity contribution is 5.09. The van der Waals surface area contributed by atoms with E-state index in [4.69, 9.17) is 9.15 Å². The molecule has 0 spiro atoms. The van der Waals surface area contributed by atoms with E-state index in [9.17, 15) is 0 Å². The predicted octanol–water partition coefficient (Wildman–Crippen LogP) is 1.84. The zero-order valence-corrected chi connectivity index (χ0v) is 14.5. The minimum absolute atomic E-state index is 0.375. The molecule has 0 amide bonds. The summed E-state index contributed by atoms with van der Waals surface area (Å²) >= 11 is 0. The minimum atomic E-state index is 0.375. The average molecular weight is 344 g/mol. The number of methoxy groups -OCH3 is 1. The predicted molar refractivity (Wildman–Crippen MR) is 87.6 cm³/mol. The molecule has 5 rings (SSSR count). The van der Waals surface area contributed by atoms with Crippen molar-refractivity contribution in [2.75, 3.05) is 20.2 Å². The third kappa shape index (κ3) is 3.20. The molecular weight excluding hydrogens is 320 g/mol. The summed E-state index contributed by atoms with van der Waals surface area (Å²) in [6, 6.07) is 0. The zero-order chi connectivity index (χ0) is 16.8. The maximum absolute atomic E-state index is 5.84. The zero-order valence-electron chi connectivity index (χ0n) is 14.5. The van der Waals surface area contributed by atoms with Crippen molar-refractivity contribution in [1.29, 1.82) is 0 Å². The molecule has 8 nitrogen and oxygen atoms in total. The Morgan fingerprint density at radius 3 is 2.84 bits per heavy atom. The molecule has 2 aromatic rings. The van der Waals surface area contributed by atoms with Gasteiger partial charge >= 0.3 is 0 Å². The van der Waals surface area contributed by atoms with Gasteiger partial charge in [-0.1, -0.05) is 0 Å². The van der Waals surface area contributed by atoms with Gasteiger partial charge in [0.2, 0.25) is 11.8 Å². The SMILES string of the molecule is COCc1nc([C@H]2CN(Cc3nnc(C4CC4)o3)C[C@@H]2C2CC2)n[nH]1. The van der Waals surface area contributed by atoms with Crippen LogP contribution in [-0.2, 0) is 17.9 Å². The van der Waals surface area contributed by atoms with Gasteiger partial charge in [-0.15, -0.1) is 10.2 Å².